The Kier molecular flexibility index (Phi) is 7.16. The van der Waals surface area contributed by atoms with Crippen LogP contribution in [0.3, 0.4) is 0 Å². The second-order valence-corrected chi connectivity index (χ2v) is 5.76. The van der Waals surface area contributed by atoms with Gasteiger partial charge in [0.2, 0.25) is 0 Å². The molecule has 0 aromatic carbocycles. The molecule has 1 unspecified atom stereocenters. The molecule has 0 bridgehead atoms. The Labute approximate surface area is 123 Å². The first-order chi connectivity index (χ1) is 9.12. The fourth-order valence-corrected chi connectivity index (χ4v) is 3.02. The number of hydrogen-bond donors (Lipinski definition) is 1. The summed E-state index contributed by atoms with van der Waals surface area (Å²) < 4.78 is 4.67. The van der Waals surface area contributed by atoms with Crippen molar-refractivity contribution in [3.05, 3.63) is 10.0 Å². The Morgan fingerprint density at radius 2 is 2.16 bits per heavy atom. The van der Waals surface area contributed by atoms with Crippen molar-refractivity contribution < 1.29 is 9.53 Å². The molecule has 0 aliphatic heterocycles. The van der Waals surface area contributed by atoms with Crippen LogP contribution in [0.2, 0.25) is 5.15 Å². The first-order valence-corrected chi connectivity index (χ1v) is 7.82. The van der Waals surface area contributed by atoms with Crippen molar-refractivity contribution in [3.63, 3.8) is 0 Å². The highest BCUT2D eigenvalue weighted by Gasteiger charge is 2.18. The van der Waals surface area contributed by atoms with Gasteiger partial charge >= 0.3 is 5.97 Å². The third kappa shape index (κ3) is 4.99. The van der Waals surface area contributed by atoms with Crippen molar-refractivity contribution in [2.75, 3.05) is 12.4 Å². The summed E-state index contributed by atoms with van der Waals surface area (Å²) in [6, 6.07) is 0.387. The molecule has 0 spiro atoms. The highest BCUT2D eigenvalue weighted by atomic mass is 35.5. The summed E-state index contributed by atoms with van der Waals surface area (Å²) in [4.78, 5) is 16.0. The Morgan fingerprint density at radius 3 is 2.74 bits per heavy atom. The number of carbonyl (C=O) groups is 1. The van der Waals surface area contributed by atoms with Crippen LogP contribution in [0.15, 0.2) is 0 Å². The van der Waals surface area contributed by atoms with E-state index in [0.29, 0.717) is 16.1 Å². The lowest BCUT2D eigenvalue weighted by Crippen LogP contribution is -2.18. The van der Waals surface area contributed by atoms with Crippen molar-refractivity contribution in [3.8, 4) is 0 Å². The molecule has 1 atom stereocenters. The van der Waals surface area contributed by atoms with Crippen molar-refractivity contribution in [1.82, 2.24) is 4.98 Å². The van der Waals surface area contributed by atoms with E-state index in [9.17, 15) is 4.79 Å². The van der Waals surface area contributed by atoms with E-state index in [1.807, 2.05) is 0 Å². The van der Waals surface area contributed by atoms with Gasteiger partial charge in [-0.25, -0.2) is 9.78 Å². The third-order valence-electron chi connectivity index (χ3n) is 2.83. The number of methoxy groups -OCH3 is 1. The van der Waals surface area contributed by atoms with Gasteiger partial charge in [0.15, 0.2) is 15.2 Å². The molecule has 0 aliphatic carbocycles. The van der Waals surface area contributed by atoms with Gasteiger partial charge in [-0.15, -0.1) is 0 Å². The van der Waals surface area contributed by atoms with E-state index in [1.165, 1.54) is 31.3 Å². The fraction of sp³-hybridized carbons (Fsp3) is 0.692. The minimum Gasteiger partial charge on any atom is -0.465 e. The van der Waals surface area contributed by atoms with Crippen molar-refractivity contribution in [2.24, 2.45) is 0 Å². The van der Waals surface area contributed by atoms with E-state index in [-0.39, 0.29) is 5.15 Å². The average Bonchev–Trinajstić information content (AvgIpc) is 2.76. The molecule has 0 amide bonds. The zero-order valence-corrected chi connectivity index (χ0v) is 13.2. The third-order valence-corrected chi connectivity index (χ3v) is 4.18. The van der Waals surface area contributed by atoms with Crippen LogP contribution >= 0.6 is 22.9 Å². The Bertz CT molecular complexity index is 409. The SMILES string of the molecule is CCCCC(CCC)Nc1nc(Cl)c(C(=O)OC)s1. The summed E-state index contributed by atoms with van der Waals surface area (Å²) in [6.07, 6.45) is 5.67. The smallest absolute Gasteiger partial charge is 0.351 e. The van der Waals surface area contributed by atoms with Crippen molar-refractivity contribution >= 4 is 34.0 Å². The van der Waals surface area contributed by atoms with E-state index in [1.54, 1.807) is 0 Å². The molecular weight excluding hydrogens is 284 g/mol. The standard InChI is InChI=1S/C13H21ClN2O2S/c1-4-6-8-9(7-5-2)15-13-16-11(14)10(19-13)12(17)18-3/h9H,4-8H2,1-3H3,(H,15,16). The molecule has 1 heterocycles. The molecule has 6 heteroatoms. The maximum absolute atomic E-state index is 11.5. The predicted molar refractivity (Wildman–Crippen MR) is 80.3 cm³/mol. The Balaban J connectivity index is 2.70. The molecule has 4 nitrogen and oxygen atoms in total. The second kappa shape index (κ2) is 8.38. The zero-order chi connectivity index (χ0) is 14.3. The first-order valence-electron chi connectivity index (χ1n) is 6.63. The van der Waals surface area contributed by atoms with Crippen molar-refractivity contribution in [1.29, 1.82) is 0 Å². The van der Waals surface area contributed by atoms with Gasteiger partial charge in [-0.2, -0.15) is 0 Å². The van der Waals surface area contributed by atoms with Gasteiger partial charge in [0.1, 0.15) is 0 Å². The number of hydrogen-bond acceptors (Lipinski definition) is 5. The van der Waals surface area contributed by atoms with Crippen LogP contribution in [0.5, 0.6) is 0 Å². The number of ether oxygens (including phenoxy) is 1. The summed E-state index contributed by atoms with van der Waals surface area (Å²) in [5.41, 5.74) is 0. The molecule has 0 aliphatic rings. The fourth-order valence-electron chi connectivity index (χ4n) is 1.84. The highest BCUT2D eigenvalue weighted by molar-refractivity contribution is 7.18. The topological polar surface area (TPSA) is 51.2 Å². The van der Waals surface area contributed by atoms with Gasteiger partial charge in [0.25, 0.3) is 0 Å². The predicted octanol–water partition coefficient (Wildman–Crippen LogP) is 4.35. The van der Waals surface area contributed by atoms with Gasteiger partial charge in [0.05, 0.1) is 7.11 Å². The summed E-state index contributed by atoms with van der Waals surface area (Å²) in [5.74, 6) is -0.434. The van der Waals surface area contributed by atoms with Crippen LogP contribution in [0.25, 0.3) is 0 Å². The first kappa shape index (κ1) is 16.2. The van der Waals surface area contributed by atoms with Gasteiger partial charge < -0.3 is 10.1 Å². The van der Waals surface area contributed by atoms with E-state index < -0.39 is 5.97 Å². The van der Waals surface area contributed by atoms with Gasteiger partial charge in [-0.1, -0.05) is 56.0 Å². The largest absolute Gasteiger partial charge is 0.465 e. The van der Waals surface area contributed by atoms with E-state index in [2.05, 4.69) is 28.9 Å². The maximum atomic E-state index is 11.5. The number of aromatic nitrogens is 1. The second-order valence-electron chi connectivity index (χ2n) is 4.40. The van der Waals surface area contributed by atoms with Crippen LogP contribution in [0.4, 0.5) is 5.13 Å². The zero-order valence-electron chi connectivity index (χ0n) is 11.7. The molecular formula is C13H21ClN2O2S. The highest BCUT2D eigenvalue weighted by Crippen LogP contribution is 2.28. The lowest BCUT2D eigenvalue weighted by molar-refractivity contribution is 0.0606. The number of carbonyl (C=O) groups excluding carboxylic acids is 1. The van der Waals surface area contributed by atoms with E-state index in [0.717, 1.165) is 19.3 Å². The molecule has 1 rings (SSSR count). The number of nitrogens with one attached hydrogen (secondary N) is 1. The van der Waals surface area contributed by atoms with Crippen LogP contribution in [-0.4, -0.2) is 24.1 Å². The van der Waals surface area contributed by atoms with Crippen LogP contribution in [0.1, 0.15) is 55.6 Å². The number of halogens is 1. The summed E-state index contributed by atoms with van der Waals surface area (Å²) in [6.45, 7) is 4.34. The number of thiazole rings is 1. The average molecular weight is 305 g/mol. The quantitative estimate of drug-likeness (QED) is 0.725. The molecule has 1 aromatic heterocycles. The van der Waals surface area contributed by atoms with E-state index in [4.69, 9.17) is 11.6 Å². The molecule has 108 valence electrons. The molecule has 0 radical (unpaired) electrons. The monoisotopic (exact) mass is 304 g/mol. The van der Waals surface area contributed by atoms with Gasteiger partial charge in [-0.05, 0) is 12.8 Å². The minimum absolute atomic E-state index is 0.213. The number of rotatable bonds is 8. The van der Waals surface area contributed by atoms with Crippen LogP contribution in [-0.2, 0) is 4.74 Å². The number of unbranched alkanes of at least 4 members (excludes halogenated alkanes) is 1. The minimum atomic E-state index is -0.434. The van der Waals surface area contributed by atoms with Gasteiger partial charge in [-0.3, -0.25) is 0 Å². The molecule has 0 saturated carbocycles. The van der Waals surface area contributed by atoms with E-state index >= 15 is 0 Å². The Morgan fingerprint density at radius 1 is 1.42 bits per heavy atom. The molecule has 0 saturated heterocycles. The maximum Gasteiger partial charge on any atom is 0.351 e. The summed E-state index contributed by atoms with van der Waals surface area (Å²) in [5, 5.41) is 4.28. The number of esters is 1. The van der Waals surface area contributed by atoms with Gasteiger partial charge in [0, 0.05) is 6.04 Å². The molecule has 1 aromatic rings. The lowest BCUT2D eigenvalue weighted by atomic mass is 10.1. The summed E-state index contributed by atoms with van der Waals surface area (Å²) in [7, 11) is 1.34. The normalized spacial score (nSPS) is 12.2. The molecule has 19 heavy (non-hydrogen) atoms. The molecule has 1 N–H and O–H groups in total. The lowest BCUT2D eigenvalue weighted by Gasteiger charge is -2.16. The number of anilines is 1. The number of nitrogens with zero attached hydrogens (tertiary/aromatic N) is 1. The van der Waals surface area contributed by atoms with Crippen LogP contribution < -0.4 is 5.32 Å². The van der Waals surface area contributed by atoms with Crippen molar-refractivity contribution in [2.45, 2.75) is 52.0 Å². The molecule has 0 fully saturated rings. The van der Waals surface area contributed by atoms with Crippen LogP contribution in [0, 0.1) is 0 Å². The Hall–Kier alpha value is -0.810. The summed E-state index contributed by atoms with van der Waals surface area (Å²) >= 11 is 7.19.